The average Bonchev–Trinajstić information content (AvgIpc) is 3.43. The number of amides is 3. The molecule has 0 aliphatic carbocycles. The van der Waals surface area contributed by atoms with Crippen molar-refractivity contribution in [2.24, 2.45) is 0 Å². The standard InChI is InChI=1S/C20H23F2N3O3.C20H21F2N3O2/c1-12(23-19(27)28-20(2,3)4)18(26)25-16-9-8-14(22)11-17(16)24-15-7-5-6-13(21)10-15;1-12(23-19(26)27-20(2,3)4)18-24-16-9-8-14(22)11-17(16)25(18)15-7-5-6-13(21)10-15/h5-12,24H,1-4H3,(H,23,27)(H,25,26);5-12H,1-4H3,(H,23,26)/t2*12-/m00/s1. The van der Waals surface area contributed by atoms with Gasteiger partial charge in [0.1, 0.15) is 46.3 Å². The number of aromatic nitrogens is 2. The number of rotatable bonds is 8. The van der Waals surface area contributed by atoms with E-state index in [1.165, 1.54) is 67.6 Å². The highest BCUT2D eigenvalue weighted by Crippen LogP contribution is 2.28. The lowest BCUT2D eigenvalue weighted by molar-refractivity contribution is -0.117. The Bertz CT molecular complexity index is 2160. The minimum Gasteiger partial charge on any atom is -0.444 e. The minimum atomic E-state index is -0.901. The summed E-state index contributed by atoms with van der Waals surface area (Å²) < 4.78 is 66.6. The number of alkyl carbamates (subject to hydrolysis) is 2. The van der Waals surface area contributed by atoms with Gasteiger partial charge in [0.05, 0.1) is 34.1 Å². The predicted molar refractivity (Wildman–Crippen MR) is 202 cm³/mol. The van der Waals surface area contributed by atoms with Crippen LogP contribution in [0.25, 0.3) is 16.7 Å². The summed E-state index contributed by atoms with van der Waals surface area (Å²) in [6, 6.07) is 18.0. The molecule has 0 saturated heterocycles. The summed E-state index contributed by atoms with van der Waals surface area (Å²) in [6.45, 7) is 13.6. The van der Waals surface area contributed by atoms with Gasteiger partial charge in [-0.2, -0.15) is 0 Å². The van der Waals surface area contributed by atoms with Crippen LogP contribution in [0.5, 0.6) is 0 Å². The summed E-state index contributed by atoms with van der Waals surface area (Å²) in [6.07, 6.45) is -1.33. The number of imidazole rings is 1. The summed E-state index contributed by atoms with van der Waals surface area (Å²) in [7, 11) is 0. The summed E-state index contributed by atoms with van der Waals surface area (Å²) in [5.74, 6) is -1.94. The number of fused-ring (bicyclic) bond motifs is 1. The molecule has 4 aromatic carbocycles. The first kappa shape index (κ1) is 41.6. The number of benzene rings is 4. The molecule has 1 aromatic heterocycles. The molecule has 0 spiro atoms. The van der Waals surface area contributed by atoms with E-state index in [1.54, 1.807) is 77.3 Å². The van der Waals surface area contributed by atoms with E-state index in [9.17, 15) is 31.9 Å². The number of carbonyl (C=O) groups excluding carboxylic acids is 3. The minimum absolute atomic E-state index is 0.239. The van der Waals surface area contributed by atoms with Crippen LogP contribution in [0.1, 0.15) is 67.3 Å². The van der Waals surface area contributed by atoms with Gasteiger partial charge in [0, 0.05) is 11.8 Å². The van der Waals surface area contributed by atoms with Crippen molar-refractivity contribution in [1.82, 2.24) is 20.2 Å². The highest BCUT2D eigenvalue weighted by Gasteiger charge is 2.24. The van der Waals surface area contributed by atoms with E-state index in [0.717, 1.165) is 0 Å². The lowest BCUT2D eigenvalue weighted by atomic mass is 10.2. The van der Waals surface area contributed by atoms with E-state index >= 15 is 0 Å². The molecule has 0 fully saturated rings. The van der Waals surface area contributed by atoms with Gasteiger partial charge in [0.2, 0.25) is 5.91 Å². The predicted octanol–water partition coefficient (Wildman–Crippen LogP) is 9.45. The quantitative estimate of drug-likeness (QED) is 0.116. The van der Waals surface area contributed by atoms with E-state index in [2.05, 4.69) is 26.3 Å². The summed E-state index contributed by atoms with van der Waals surface area (Å²) in [5.41, 5.74) is 1.06. The van der Waals surface area contributed by atoms with Crippen molar-refractivity contribution in [3.63, 3.8) is 0 Å². The zero-order valence-electron chi connectivity index (χ0n) is 31.7. The van der Waals surface area contributed by atoms with Crippen LogP contribution in [0, 0.1) is 23.3 Å². The van der Waals surface area contributed by atoms with Gasteiger partial charge in [-0.25, -0.2) is 32.1 Å². The number of halogens is 4. The first-order valence-electron chi connectivity index (χ1n) is 17.2. The van der Waals surface area contributed by atoms with Crippen molar-refractivity contribution >= 4 is 46.2 Å². The Labute approximate surface area is 316 Å². The fourth-order valence-corrected chi connectivity index (χ4v) is 5.03. The van der Waals surface area contributed by atoms with Crippen LogP contribution >= 0.6 is 0 Å². The maximum Gasteiger partial charge on any atom is 0.408 e. The Morgan fingerprint density at radius 1 is 0.673 bits per heavy atom. The van der Waals surface area contributed by atoms with Crippen LogP contribution in [-0.2, 0) is 14.3 Å². The Morgan fingerprint density at radius 2 is 1.24 bits per heavy atom. The number of hydrogen-bond acceptors (Lipinski definition) is 7. The highest BCUT2D eigenvalue weighted by atomic mass is 19.1. The van der Waals surface area contributed by atoms with Crippen molar-refractivity contribution in [1.29, 1.82) is 0 Å². The van der Waals surface area contributed by atoms with Crippen molar-refractivity contribution in [2.45, 2.75) is 78.7 Å². The van der Waals surface area contributed by atoms with E-state index in [0.29, 0.717) is 28.2 Å². The molecule has 0 unspecified atom stereocenters. The number of ether oxygens (including phenoxy) is 2. The second kappa shape index (κ2) is 17.3. The van der Waals surface area contributed by atoms with E-state index < -0.39 is 64.6 Å². The fourth-order valence-electron chi connectivity index (χ4n) is 5.03. The molecule has 55 heavy (non-hydrogen) atoms. The fraction of sp³-hybridized carbons (Fsp3) is 0.300. The van der Waals surface area contributed by atoms with Crippen molar-refractivity contribution in [3.05, 3.63) is 114 Å². The second-order valence-electron chi connectivity index (χ2n) is 14.5. The Hall–Kier alpha value is -6.12. The molecule has 15 heteroatoms. The molecule has 1 heterocycles. The van der Waals surface area contributed by atoms with Crippen molar-refractivity contribution < 1.29 is 41.4 Å². The van der Waals surface area contributed by atoms with Crippen LogP contribution < -0.4 is 21.3 Å². The maximum absolute atomic E-state index is 13.8. The smallest absolute Gasteiger partial charge is 0.408 e. The van der Waals surface area contributed by atoms with Gasteiger partial charge in [0.15, 0.2) is 0 Å². The van der Waals surface area contributed by atoms with Gasteiger partial charge in [-0.1, -0.05) is 12.1 Å². The van der Waals surface area contributed by atoms with Crippen molar-refractivity contribution in [3.8, 4) is 5.69 Å². The third kappa shape index (κ3) is 12.5. The molecule has 0 saturated carbocycles. The second-order valence-corrected chi connectivity index (χ2v) is 14.5. The van der Waals surface area contributed by atoms with Gasteiger partial charge in [0.25, 0.3) is 0 Å². The van der Waals surface area contributed by atoms with Crippen LogP contribution in [0.4, 0.5) is 44.2 Å². The Morgan fingerprint density at radius 3 is 1.85 bits per heavy atom. The molecule has 11 nitrogen and oxygen atoms in total. The number of hydrogen-bond donors (Lipinski definition) is 4. The Balaban J connectivity index is 0.000000245. The van der Waals surface area contributed by atoms with Gasteiger partial charge >= 0.3 is 12.2 Å². The number of carbonyl (C=O) groups is 3. The highest BCUT2D eigenvalue weighted by molar-refractivity contribution is 5.99. The van der Waals surface area contributed by atoms with Gasteiger partial charge in [-0.05, 0) is 122 Å². The summed E-state index contributed by atoms with van der Waals surface area (Å²) >= 11 is 0. The first-order chi connectivity index (χ1) is 25.7. The van der Waals surface area contributed by atoms with Crippen LogP contribution in [-0.4, -0.2) is 44.9 Å². The lowest BCUT2D eigenvalue weighted by Crippen LogP contribution is -2.44. The van der Waals surface area contributed by atoms with Gasteiger partial charge < -0.3 is 30.7 Å². The zero-order valence-corrected chi connectivity index (χ0v) is 31.7. The SMILES string of the molecule is C[C@H](NC(=O)OC(C)(C)C)C(=O)Nc1ccc(F)cc1Nc1cccc(F)c1.C[C@H](NC(=O)OC(C)(C)C)c1nc2ccc(F)cc2n1-c1cccc(F)c1. The molecule has 0 bridgehead atoms. The zero-order chi connectivity index (χ0) is 40.7. The number of nitrogens with one attached hydrogen (secondary N) is 4. The monoisotopic (exact) mass is 764 g/mol. The molecule has 4 N–H and O–H groups in total. The van der Waals surface area contributed by atoms with E-state index in [4.69, 9.17) is 9.47 Å². The first-order valence-corrected chi connectivity index (χ1v) is 17.2. The van der Waals surface area contributed by atoms with E-state index in [1.807, 2.05) is 0 Å². The normalized spacial score (nSPS) is 12.4. The molecule has 0 radical (unpaired) electrons. The largest absolute Gasteiger partial charge is 0.444 e. The topological polar surface area (TPSA) is 136 Å². The maximum atomic E-state index is 13.8. The van der Waals surface area contributed by atoms with Gasteiger partial charge in [-0.15, -0.1) is 0 Å². The molecule has 3 amide bonds. The average molecular weight is 765 g/mol. The Kier molecular flexibility index (Phi) is 13.1. The molecule has 5 rings (SSSR count). The van der Waals surface area contributed by atoms with E-state index in [-0.39, 0.29) is 11.4 Å². The third-order valence-electron chi connectivity index (χ3n) is 7.30. The van der Waals surface area contributed by atoms with Gasteiger partial charge in [-0.3, -0.25) is 9.36 Å². The molecule has 292 valence electrons. The van der Waals surface area contributed by atoms with Crippen molar-refractivity contribution in [2.75, 3.05) is 10.6 Å². The molecule has 0 aliphatic rings. The molecule has 0 aliphatic heterocycles. The van der Waals surface area contributed by atoms with Crippen LogP contribution in [0.2, 0.25) is 0 Å². The number of anilines is 3. The molecular weight excluding hydrogens is 720 g/mol. The third-order valence-corrected chi connectivity index (χ3v) is 7.30. The summed E-state index contributed by atoms with van der Waals surface area (Å²) in [4.78, 5) is 40.8. The summed E-state index contributed by atoms with van der Waals surface area (Å²) in [5, 5.41) is 10.6. The molecule has 2 atom stereocenters. The molecular formula is C40H44F4N6O5. The van der Waals surface area contributed by atoms with Crippen LogP contribution in [0.15, 0.2) is 84.9 Å². The lowest BCUT2D eigenvalue weighted by Gasteiger charge is -2.22. The molecule has 5 aromatic rings. The number of nitrogens with zero attached hydrogens (tertiary/aromatic N) is 2. The van der Waals surface area contributed by atoms with Crippen LogP contribution in [0.3, 0.4) is 0 Å².